The Bertz CT molecular complexity index is 636. The minimum atomic E-state index is -0.491. The van der Waals surface area contributed by atoms with E-state index in [1.54, 1.807) is 19.0 Å². The highest BCUT2D eigenvalue weighted by Crippen LogP contribution is 2.12. The predicted octanol–water partition coefficient (Wildman–Crippen LogP) is 3.53. The Hall–Kier alpha value is -2.28. The lowest BCUT2D eigenvalue weighted by Crippen LogP contribution is -2.37. The van der Waals surface area contributed by atoms with Crippen molar-refractivity contribution in [3.63, 3.8) is 0 Å². The van der Waals surface area contributed by atoms with Crippen molar-refractivity contribution in [2.45, 2.75) is 65.8 Å². The Morgan fingerprint density at radius 3 is 2.31 bits per heavy atom. The summed E-state index contributed by atoms with van der Waals surface area (Å²) in [4.78, 5) is 17.9. The van der Waals surface area contributed by atoms with E-state index in [0.29, 0.717) is 13.1 Å². The first-order valence-electron chi connectivity index (χ1n) is 10.2. The molecular weight excluding hydrogens is 368 g/mol. The highest BCUT2D eigenvalue weighted by molar-refractivity contribution is 5.79. The maximum Gasteiger partial charge on any atom is 0.410 e. The largest absolute Gasteiger partial charge is 0.444 e. The molecule has 29 heavy (non-hydrogen) atoms. The Morgan fingerprint density at radius 1 is 1.14 bits per heavy atom. The van der Waals surface area contributed by atoms with E-state index in [-0.39, 0.29) is 12.2 Å². The van der Waals surface area contributed by atoms with Crippen LogP contribution in [-0.2, 0) is 22.6 Å². The van der Waals surface area contributed by atoms with Gasteiger partial charge in [0.05, 0.1) is 6.10 Å². The number of carbonyl (C=O) groups excluding carboxylic acids is 1. The number of hydrogen-bond donors (Lipinski definition) is 2. The maximum atomic E-state index is 12.1. The smallest absolute Gasteiger partial charge is 0.410 e. The molecule has 0 heterocycles. The van der Waals surface area contributed by atoms with Crippen LogP contribution in [0.5, 0.6) is 0 Å². The number of guanidine groups is 1. The summed E-state index contributed by atoms with van der Waals surface area (Å²) in [5.41, 5.74) is 1.70. The Morgan fingerprint density at radius 2 is 1.76 bits per heavy atom. The number of carbonyl (C=O) groups is 1. The molecule has 1 aromatic carbocycles. The molecule has 0 saturated carbocycles. The summed E-state index contributed by atoms with van der Waals surface area (Å²) in [6.07, 6.45) is 0.870. The molecule has 0 aliphatic carbocycles. The van der Waals surface area contributed by atoms with Crippen LogP contribution < -0.4 is 10.6 Å². The third kappa shape index (κ3) is 11.3. The van der Waals surface area contributed by atoms with Gasteiger partial charge in [0.15, 0.2) is 5.96 Å². The minimum absolute atomic E-state index is 0.263. The van der Waals surface area contributed by atoms with Gasteiger partial charge in [-0.15, -0.1) is 0 Å². The second kappa shape index (κ2) is 12.3. The van der Waals surface area contributed by atoms with Crippen molar-refractivity contribution in [2.75, 3.05) is 27.2 Å². The van der Waals surface area contributed by atoms with E-state index in [2.05, 4.69) is 27.8 Å². The molecule has 0 saturated heterocycles. The lowest BCUT2D eigenvalue weighted by atomic mass is 10.1. The summed E-state index contributed by atoms with van der Waals surface area (Å²) in [6.45, 7) is 12.4. The summed E-state index contributed by atoms with van der Waals surface area (Å²) >= 11 is 0. The SMILES string of the molecule is CN=C(NCCCOC(C)C)NCc1ccc(CN(C)C(=O)OC(C)(C)C)cc1. The summed E-state index contributed by atoms with van der Waals surface area (Å²) in [5, 5.41) is 6.59. The molecule has 0 aliphatic heterocycles. The van der Waals surface area contributed by atoms with E-state index in [9.17, 15) is 4.79 Å². The van der Waals surface area contributed by atoms with E-state index in [1.807, 2.05) is 46.8 Å². The zero-order valence-corrected chi connectivity index (χ0v) is 19.0. The van der Waals surface area contributed by atoms with Gasteiger partial charge in [0.25, 0.3) is 0 Å². The van der Waals surface area contributed by atoms with Crippen LogP contribution in [0.15, 0.2) is 29.3 Å². The van der Waals surface area contributed by atoms with E-state index in [1.165, 1.54) is 0 Å². The first kappa shape index (κ1) is 24.8. The lowest BCUT2D eigenvalue weighted by molar-refractivity contribution is 0.0285. The average Bonchev–Trinajstić information content (AvgIpc) is 2.63. The molecule has 0 bridgehead atoms. The van der Waals surface area contributed by atoms with E-state index in [4.69, 9.17) is 9.47 Å². The maximum absolute atomic E-state index is 12.1. The van der Waals surface area contributed by atoms with Crippen molar-refractivity contribution in [3.8, 4) is 0 Å². The van der Waals surface area contributed by atoms with Gasteiger partial charge < -0.3 is 25.0 Å². The van der Waals surface area contributed by atoms with Gasteiger partial charge in [0.1, 0.15) is 5.60 Å². The van der Waals surface area contributed by atoms with Gasteiger partial charge in [-0.1, -0.05) is 24.3 Å². The second-order valence-corrected chi connectivity index (χ2v) is 8.28. The topological polar surface area (TPSA) is 75.2 Å². The fourth-order valence-corrected chi connectivity index (χ4v) is 2.45. The zero-order valence-electron chi connectivity index (χ0n) is 19.0. The lowest BCUT2D eigenvalue weighted by Gasteiger charge is -2.24. The molecule has 7 nitrogen and oxygen atoms in total. The molecule has 1 aromatic rings. The molecule has 0 atom stereocenters. The molecule has 0 aliphatic rings. The third-order valence-corrected chi connectivity index (χ3v) is 3.90. The fraction of sp³-hybridized carbons (Fsp3) is 0.636. The monoisotopic (exact) mass is 406 g/mol. The van der Waals surface area contributed by atoms with Crippen LogP contribution in [0.1, 0.15) is 52.2 Å². The number of nitrogens with one attached hydrogen (secondary N) is 2. The molecule has 2 N–H and O–H groups in total. The van der Waals surface area contributed by atoms with Gasteiger partial charge in [0.2, 0.25) is 0 Å². The van der Waals surface area contributed by atoms with Crippen LogP contribution in [0.3, 0.4) is 0 Å². The van der Waals surface area contributed by atoms with Crippen molar-refractivity contribution >= 4 is 12.1 Å². The van der Waals surface area contributed by atoms with Gasteiger partial charge in [-0.2, -0.15) is 0 Å². The van der Waals surface area contributed by atoms with Gasteiger partial charge >= 0.3 is 6.09 Å². The molecule has 0 spiro atoms. The quantitative estimate of drug-likeness (QED) is 0.373. The van der Waals surface area contributed by atoms with Crippen molar-refractivity contribution < 1.29 is 14.3 Å². The van der Waals surface area contributed by atoms with Crippen LogP contribution in [0.2, 0.25) is 0 Å². The number of amides is 1. The Kier molecular flexibility index (Phi) is 10.5. The predicted molar refractivity (Wildman–Crippen MR) is 118 cm³/mol. The molecular formula is C22H38N4O3. The van der Waals surface area contributed by atoms with Gasteiger partial charge in [-0.05, 0) is 52.2 Å². The summed E-state index contributed by atoms with van der Waals surface area (Å²) in [5.74, 6) is 0.767. The highest BCUT2D eigenvalue weighted by atomic mass is 16.6. The molecule has 0 unspecified atom stereocenters. The molecule has 1 rings (SSSR count). The minimum Gasteiger partial charge on any atom is -0.444 e. The number of ether oxygens (including phenoxy) is 2. The third-order valence-electron chi connectivity index (χ3n) is 3.90. The van der Waals surface area contributed by atoms with Crippen LogP contribution >= 0.6 is 0 Å². The van der Waals surface area contributed by atoms with E-state index < -0.39 is 5.60 Å². The normalized spacial score (nSPS) is 12.1. The number of nitrogens with zero attached hydrogens (tertiary/aromatic N) is 2. The molecule has 0 fully saturated rings. The van der Waals surface area contributed by atoms with Crippen molar-refractivity contribution in [1.29, 1.82) is 0 Å². The van der Waals surface area contributed by atoms with E-state index >= 15 is 0 Å². The standard InChI is InChI=1S/C22H38N4O3/c1-17(2)28-14-8-13-24-20(23-6)25-15-18-9-11-19(12-10-18)16-26(7)21(27)29-22(3,4)5/h9-12,17H,8,13-16H2,1-7H3,(H2,23,24,25). The fourth-order valence-electron chi connectivity index (χ4n) is 2.45. The summed E-state index contributed by atoms with van der Waals surface area (Å²) in [6, 6.07) is 8.15. The highest BCUT2D eigenvalue weighted by Gasteiger charge is 2.19. The molecule has 164 valence electrons. The van der Waals surface area contributed by atoms with Gasteiger partial charge in [0, 0.05) is 40.3 Å². The molecule has 7 heteroatoms. The molecule has 1 amide bonds. The molecule has 0 radical (unpaired) electrons. The zero-order chi connectivity index (χ0) is 21.9. The van der Waals surface area contributed by atoms with Crippen molar-refractivity contribution in [2.24, 2.45) is 4.99 Å². The van der Waals surface area contributed by atoms with Crippen molar-refractivity contribution in [3.05, 3.63) is 35.4 Å². The van der Waals surface area contributed by atoms with Gasteiger partial charge in [-0.25, -0.2) is 4.79 Å². The van der Waals surface area contributed by atoms with Crippen LogP contribution in [0, 0.1) is 0 Å². The van der Waals surface area contributed by atoms with Crippen LogP contribution in [0.25, 0.3) is 0 Å². The number of hydrogen-bond acceptors (Lipinski definition) is 4. The number of benzene rings is 1. The van der Waals surface area contributed by atoms with E-state index in [0.717, 1.165) is 36.7 Å². The number of rotatable bonds is 9. The Labute approximate surface area is 175 Å². The average molecular weight is 407 g/mol. The second-order valence-electron chi connectivity index (χ2n) is 8.28. The molecule has 0 aromatic heterocycles. The summed E-state index contributed by atoms with van der Waals surface area (Å²) < 4.78 is 10.9. The first-order valence-corrected chi connectivity index (χ1v) is 10.2. The van der Waals surface area contributed by atoms with Gasteiger partial charge in [-0.3, -0.25) is 4.99 Å². The first-order chi connectivity index (χ1) is 13.6. The van der Waals surface area contributed by atoms with Crippen molar-refractivity contribution in [1.82, 2.24) is 15.5 Å². The van der Waals surface area contributed by atoms with Crippen LogP contribution in [0.4, 0.5) is 4.79 Å². The Balaban J connectivity index is 2.40. The summed E-state index contributed by atoms with van der Waals surface area (Å²) in [7, 11) is 3.50. The number of aliphatic imine (C=N–C) groups is 1. The van der Waals surface area contributed by atoms with Crippen LogP contribution in [-0.4, -0.2) is 55.9 Å².